The van der Waals surface area contributed by atoms with Crippen molar-refractivity contribution in [3.05, 3.63) is 36.2 Å². The van der Waals surface area contributed by atoms with Gasteiger partial charge < -0.3 is 10.2 Å². The van der Waals surface area contributed by atoms with Gasteiger partial charge in [0.15, 0.2) is 5.65 Å². The van der Waals surface area contributed by atoms with Crippen LogP contribution in [-0.4, -0.2) is 44.5 Å². The van der Waals surface area contributed by atoms with Crippen LogP contribution in [0.3, 0.4) is 0 Å². The Morgan fingerprint density at radius 2 is 2.21 bits per heavy atom. The molecule has 1 saturated heterocycles. The first-order chi connectivity index (χ1) is 11.8. The summed E-state index contributed by atoms with van der Waals surface area (Å²) in [5, 5.41) is 7.95. The summed E-state index contributed by atoms with van der Waals surface area (Å²) in [6, 6.07) is 4.15. The lowest BCUT2D eigenvalue weighted by Crippen LogP contribution is -2.32. The first-order valence-electron chi connectivity index (χ1n) is 8.85. The molecule has 24 heavy (non-hydrogen) atoms. The number of hydrogen-bond acceptors (Lipinski definition) is 4. The first kappa shape index (κ1) is 15.2. The Bertz CT molecular complexity index is 766. The van der Waals surface area contributed by atoms with E-state index in [1.165, 1.54) is 12.8 Å². The van der Waals surface area contributed by atoms with Crippen molar-refractivity contribution in [3.8, 4) is 0 Å². The highest BCUT2D eigenvalue weighted by molar-refractivity contribution is 5.93. The Kier molecular flexibility index (Phi) is 4.19. The monoisotopic (exact) mass is 325 g/mol. The van der Waals surface area contributed by atoms with Gasteiger partial charge in [0.2, 0.25) is 5.91 Å². The van der Waals surface area contributed by atoms with E-state index in [9.17, 15) is 4.79 Å². The number of fused-ring (bicyclic) bond motifs is 1. The average molecular weight is 325 g/mol. The molecule has 0 aromatic carbocycles. The van der Waals surface area contributed by atoms with Gasteiger partial charge in [-0.05, 0) is 44.2 Å². The van der Waals surface area contributed by atoms with Crippen molar-refractivity contribution in [2.24, 2.45) is 0 Å². The molecule has 0 spiro atoms. The van der Waals surface area contributed by atoms with Crippen LogP contribution in [0.2, 0.25) is 0 Å². The summed E-state index contributed by atoms with van der Waals surface area (Å²) in [6.45, 7) is 1.57. The summed E-state index contributed by atoms with van der Waals surface area (Å²) < 4.78 is 1.76. The van der Waals surface area contributed by atoms with Crippen LogP contribution in [0.5, 0.6) is 0 Å². The van der Waals surface area contributed by atoms with Gasteiger partial charge in [-0.15, -0.1) is 5.10 Å². The number of imidazole rings is 1. The van der Waals surface area contributed by atoms with Gasteiger partial charge in [-0.2, -0.15) is 0 Å². The Morgan fingerprint density at radius 1 is 1.25 bits per heavy atom. The fraction of sp³-hybridized carbons (Fsp3) is 0.500. The summed E-state index contributed by atoms with van der Waals surface area (Å²) in [5.41, 5.74) is 1.86. The highest BCUT2D eigenvalue weighted by atomic mass is 16.2. The van der Waals surface area contributed by atoms with Crippen molar-refractivity contribution < 1.29 is 4.79 Å². The standard InChI is InChI=1S/C18H23N5O/c24-18(14-5-3-1-2-4-6-14)22-11-9-15(13-22)20-16-7-8-17-19-10-12-23(17)21-16/h5,7-8,10,12,15H,1-4,6,9,11,13H2,(H,20,21). The maximum absolute atomic E-state index is 12.7. The molecule has 1 amide bonds. The Morgan fingerprint density at radius 3 is 3.17 bits per heavy atom. The molecule has 0 radical (unpaired) electrons. The average Bonchev–Trinajstić information content (AvgIpc) is 3.16. The summed E-state index contributed by atoms with van der Waals surface area (Å²) in [7, 11) is 0. The number of carbonyl (C=O) groups excluding carboxylic acids is 1. The summed E-state index contributed by atoms with van der Waals surface area (Å²) in [5.74, 6) is 1.06. The van der Waals surface area contributed by atoms with Gasteiger partial charge in [-0.25, -0.2) is 9.50 Å². The minimum Gasteiger partial charge on any atom is -0.364 e. The fourth-order valence-electron chi connectivity index (χ4n) is 3.58. The van der Waals surface area contributed by atoms with Crippen LogP contribution < -0.4 is 5.32 Å². The second kappa shape index (κ2) is 6.63. The zero-order valence-corrected chi connectivity index (χ0v) is 13.8. The number of carbonyl (C=O) groups is 1. The second-order valence-corrected chi connectivity index (χ2v) is 6.66. The third-order valence-electron chi connectivity index (χ3n) is 4.90. The molecular weight excluding hydrogens is 302 g/mol. The largest absolute Gasteiger partial charge is 0.364 e. The van der Waals surface area contributed by atoms with Crippen LogP contribution in [0.4, 0.5) is 5.82 Å². The number of likely N-dealkylation sites (tertiary alicyclic amines) is 1. The lowest BCUT2D eigenvalue weighted by Gasteiger charge is -2.19. The number of anilines is 1. The molecule has 1 fully saturated rings. The molecule has 6 heteroatoms. The molecular formula is C18H23N5O. The van der Waals surface area contributed by atoms with E-state index in [2.05, 4.69) is 21.5 Å². The summed E-state index contributed by atoms with van der Waals surface area (Å²) in [4.78, 5) is 18.9. The zero-order chi connectivity index (χ0) is 16.4. The van der Waals surface area contributed by atoms with Crippen LogP contribution in [0.15, 0.2) is 36.2 Å². The molecule has 0 saturated carbocycles. The molecule has 2 aliphatic rings. The minimum atomic E-state index is 0.235. The quantitative estimate of drug-likeness (QED) is 0.942. The van der Waals surface area contributed by atoms with E-state index in [-0.39, 0.29) is 11.9 Å². The number of nitrogens with zero attached hydrogens (tertiary/aromatic N) is 4. The summed E-state index contributed by atoms with van der Waals surface area (Å²) in [6.07, 6.45) is 12.3. The van der Waals surface area contributed by atoms with Gasteiger partial charge in [0.05, 0.1) is 0 Å². The van der Waals surface area contributed by atoms with Crippen molar-refractivity contribution in [2.45, 2.75) is 44.6 Å². The molecule has 1 N–H and O–H groups in total. The van der Waals surface area contributed by atoms with Crippen LogP contribution in [0.1, 0.15) is 38.5 Å². The van der Waals surface area contributed by atoms with Crippen molar-refractivity contribution in [1.29, 1.82) is 0 Å². The predicted molar refractivity (Wildman–Crippen MR) is 92.8 cm³/mol. The van der Waals surface area contributed by atoms with E-state index in [1.807, 2.05) is 23.2 Å². The van der Waals surface area contributed by atoms with Gasteiger partial charge in [0.1, 0.15) is 5.82 Å². The van der Waals surface area contributed by atoms with E-state index < -0.39 is 0 Å². The highest BCUT2D eigenvalue weighted by Crippen LogP contribution is 2.22. The van der Waals surface area contributed by atoms with E-state index in [4.69, 9.17) is 0 Å². The summed E-state index contributed by atoms with van der Waals surface area (Å²) >= 11 is 0. The lowest BCUT2D eigenvalue weighted by atomic mass is 10.1. The van der Waals surface area contributed by atoms with Crippen LogP contribution in [0, 0.1) is 0 Å². The first-order valence-corrected chi connectivity index (χ1v) is 8.85. The third-order valence-corrected chi connectivity index (χ3v) is 4.90. The Hall–Kier alpha value is -2.37. The van der Waals surface area contributed by atoms with E-state index in [0.29, 0.717) is 0 Å². The smallest absolute Gasteiger partial charge is 0.249 e. The maximum atomic E-state index is 12.7. The Balaban J connectivity index is 1.38. The van der Waals surface area contributed by atoms with Crippen LogP contribution >= 0.6 is 0 Å². The molecule has 126 valence electrons. The number of amides is 1. The normalized spacial score (nSPS) is 21.6. The maximum Gasteiger partial charge on any atom is 0.249 e. The molecule has 1 aliphatic heterocycles. The predicted octanol–water partition coefficient (Wildman–Crippen LogP) is 2.63. The zero-order valence-electron chi connectivity index (χ0n) is 13.8. The fourth-order valence-corrected chi connectivity index (χ4v) is 3.58. The topological polar surface area (TPSA) is 62.5 Å². The van der Waals surface area contributed by atoms with Crippen LogP contribution in [-0.2, 0) is 4.79 Å². The molecule has 1 unspecified atom stereocenters. The second-order valence-electron chi connectivity index (χ2n) is 6.66. The molecule has 3 heterocycles. The Labute approximate surface area is 141 Å². The van der Waals surface area contributed by atoms with E-state index in [0.717, 1.165) is 55.8 Å². The molecule has 4 rings (SSSR count). The minimum absolute atomic E-state index is 0.235. The molecule has 6 nitrogen and oxygen atoms in total. The molecule has 2 aromatic rings. The van der Waals surface area contributed by atoms with Gasteiger partial charge in [0.25, 0.3) is 0 Å². The molecule has 2 aromatic heterocycles. The van der Waals surface area contributed by atoms with E-state index >= 15 is 0 Å². The number of allylic oxidation sites excluding steroid dienone is 1. The number of nitrogens with one attached hydrogen (secondary N) is 1. The van der Waals surface area contributed by atoms with E-state index in [1.54, 1.807) is 10.7 Å². The third kappa shape index (κ3) is 3.13. The highest BCUT2D eigenvalue weighted by Gasteiger charge is 2.28. The number of rotatable bonds is 3. The van der Waals surface area contributed by atoms with Crippen molar-refractivity contribution in [2.75, 3.05) is 18.4 Å². The van der Waals surface area contributed by atoms with Gasteiger partial charge >= 0.3 is 0 Å². The molecule has 0 bridgehead atoms. The van der Waals surface area contributed by atoms with Crippen molar-refractivity contribution in [3.63, 3.8) is 0 Å². The SMILES string of the molecule is O=C(C1=CCCCCC1)N1CCC(Nc2ccc3nccn3n2)C1. The van der Waals surface area contributed by atoms with Crippen LogP contribution in [0.25, 0.3) is 5.65 Å². The van der Waals surface area contributed by atoms with Crippen molar-refractivity contribution in [1.82, 2.24) is 19.5 Å². The number of hydrogen-bond donors (Lipinski definition) is 1. The lowest BCUT2D eigenvalue weighted by molar-refractivity contribution is -0.126. The van der Waals surface area contributed by atoms with Gasteiger partial charge in [-0.1, -0.05) is 12.5 Å². The van der Waals surface area contributed by atoms with Crippen molar-refractivity contribution >= 4 is 17.4 Å². The molecule has 1 atom stereocenters. The van der Waals surface area contributed by atoms with Gasteiger partial charge in [-0.3, -0.25) is 4.79 Å². The number of aromatic nitrogens is 3. The molecule has 1 aliphatic carbocycles. The van der Waals surface area contributed by atoms with Gasteiger partial charge in [0, 0.05) is 37.1 Å².